The quantitative estimate of drug-likeness (QED) is 0.629. The van der Waals surface area contributed by atoms with Gasteiger partial charge in [-0.15, -0.1) is 11.3 Å². The van der Waals surface area contributed by atoms with E-state index in [4.69, 9.17) is 0 Å². The summed E-state index contributed by atoms with van der Waals surface area (Å²) in [5.41, 5.74) is 1.61. The summed E-state index contributed by atoms with van der Waals surface area (Å²) in [6, 6.07) is 11.0. The van der Waals surface area contributed by atoms with Crippen molar-refractivity contribution in [3.8, 4) is 0 Å². The summed E-state index contributed by atoms with van der Waals surface area (Å²) in [5.74, 6) is -0.558. The number of carbonyl (C=O) groups is 1. The predicted molar refractivity (Wildman–Crippen MR) is 115 cm³/mol. The molecule has 1 atom stereocenters. The number of nitrogens with zero attached hydrogens (tertiary/aromatic N) is 4. The number of hydrogen-bond donors (Lipinski definition) is 1. The van der Waals surface area contributed by atoms with E-state index in [1.165, 1.54) is 22.0 Å². The van der Waals surface area contributed by atoms with Gasteiger partial charge in [-0.3, -0.25) is 4.79 Å². The van der Waals surface area contributed by atoms with E-state index in [1.807, 2.05) is 31.2 Å². The number of benzene rings is 1. The van der Waals surface area contributed by atoms with E-state index in [2.05, 4.69) is 15.4 Å². The van der Waals surface area contributed by atoms with Gasteiger partial charge in [-0.2, -0.15) is 9.40 Å². The van der Waals surface area contributed by atoms with Crippen LogP contribution in [0.2, 0.25) is 0 Å². The zero-order chi connectivity index (χ0) is 21.1. The fraction of sp³-hybridized carbons (Fsp3) is 0.350. The Hall–Kier alpha value is -2.56. The molecule has 10 heteroatoms. The van der Waals surface area contributed by atoms with E-state index < -0.39 is 15.9 Å². The normalized spacial score (nSPS) is 17.7. The number of amides is 1. The molecule has 0 aliphatic carbocycles. The summed E-state index contributed by atoms with van der Waals surface area (Å²) >= 11 is 1.26. The van der Waals surface area contributed by atoms with Gasteiger partial charge in [-0.05, 0) is 43.5 Å². The van der Waals surface area contributed by atoms with Crippen molar-refractivity contribution in [3.63, 3.8) is 0 Å². The van der Waals surface area contributed by atoms with E-state index in [-0.39, 0.29) is 12.5 Å². The summed E-state index contributed by atoms with van der Waals surface area (Å²) in [4.78, 5) is 17.9. The highest BCUT2D eigenvalue weighted by atomic mass is 32.2. The topological polar surface area (TPSA) is 97.2 Å². The van der Waals surface area contributed by atoms with Crippen LogP contribution < -0.4 is 5.32 Å². The molecule has 30 heavy (non-hydrogen) atoms. The van der Waals surface area contributed by atoms with Crippen LogP contribution >= 0.6 is 11.3 Å². The summed E-state index contributed by atoms with van der Waals surface area (Å²) in [7, 11) is -3.57. The van der Waals surface area contributed by atoms with Crippen LogP contribution in [-0.2, 0) is 21.4 Å². The zero-order valence-corrected chi connectivity index (χ0v) is 18.2. The first-order valence-electron chi connectivity index (χ1n) is 9.71. The SMILES string of the molecule is Cc1ccc(S(=O)(=O)N2CCCC(C(=O)Nc3ccccc3Cn3cncn3)C2)s1. The van der Waals surface area contributed by atoms with E-state index in [1.54, 1.807) is 23.1 Å². The highest BCUT2D eigenvalue weighted by Crippen LogP contribution is 2.29. The number of hydrogen-bond acceptors (Lipinski definition) is 6. The minimum absolute atomic E-state index is 0.164. The lowest BCUT2D eigenvalue weighted by Gasteiger charge is -2.31. The average Bonchev–Trinajstić information content (AvgIpc) is 3.41. The third-order valence-electron chi connectivity index (χ3n) is 5.14. The average molecular weight is 446 g/mol. The van der Waals surface area contributed by atoms with Crippen molar-refractivity contribution < 1.29 is 13.2 Å². The smallest absolute Gasteiger partial charge is 0.252 e. The van der Waals surface area contributed by atoms with Gasteiger partial charge in [-0.25, -0.2) is 18.1 Å². The van der Waals surface area contributed by atoms with Crippen LogP contribution in [0.15, 0.2) is 53.3 Å². The molecule has 1 N–H and O–H groups in total. The molecule has 1 amide bonds. The Kier molecular flexibility index (Phi) is 5.98. The van der Waals surface area contributed by atoms with Crippen LogP contribution in [0, 0.1) is 12.8 Å². The summed E-state index contributed by atoms with van der Waals surface area (Å²) < 4.78 is 29.3. The van der Waals surface area contributed by atoms with E-state index in [0.717, 1.165) is 10.4 Å². The van der Waals surface area contributed by atoms with Crippen molar-refractivity contribution in [1.82, 2.24) is 19.1 Å². The Bertz CT molecular complexity index is 1130. The molecule has 3 aromatic rings. The predicted octanol–water partition coefficient (Wildman–Crippen LogP) is 2.74. The Morgan fingerprint density at radius 2 is 2.10 bits per heavy atom. The second-order valence-corrected chi connectivity index (χ2v) is 10.8. The molecular weight excluding hydrogens is 422 g/mol. The summed E-state index contributed by atoms with van der Waals surface area (Å²) in [5, 5.41) is 7.10. The van der Waals surface area contributed by atoms with Crippen LogP contribution in [0.3, 0.4) is 0 Å². The molecule has 1 aliphatic heterocycles. The maximum Gasteiger partial charge on any atom is 0.252 e. The molecule has 0 saturated carbocycles. The van der Waals surface area contributed by atoms with Crippen molar-refractivity contribution >= 4 is 33.0 Å². The van der Waals surface area contributed by atoms with Gasteiger partial charge in [0, 0.05) is 23.7 Å². The molecule has 4 rings (SSSR count). The molecular formula is C20H23N5O3S2. The molecule has 2 aromatic heterocycles. The first kappa shape index (κ1) is 20.7. The van der Waals surface area contributed by atoms with Crippen molar-refractivity contribution in [2.24, 2.45) is 5.92 Å². The molecule has 1 saturated heterocycles. The van der Waals surface area contributed by atoms with E-state index in [0.29, 0.717) is 35.8 Å². The number of carbonyl (C=O) groups excluding carboxylic acids is 1. The summed E-state index contributed by atoms with van der Waals surface area (Å²) in [6.45, 7) is 2.99. The number of sulfonamides is 1. The Balaban J connectivity index is 1.47. The van der Waals surface area contributed by atoms with Gasteiger partial charge in [0.1, 0.15) is 16.9 Å². The number of thiophene rings is 1. The molecule has 0 bridgehead atoms. The number of anilines is 1. The first-order valence-corrected chi connectivity index (χ1v) is 12.0. The molecule has 1 unspecified atom stereocenters. The highest BCUT2D eigenvalue weighted by molar-refractivity contribution is 7.91. The molecule has 158 valence electrons. The number of rotatable bonds is 6. The molecule has 0 radical (unpaired) electrons. The monoisotopic (exact) mass is 445 g/mol. The maximum absolute atomic E-state index is 13.0. The molecule has 3 heterocycles. The second kappa shape index (κ2) is 8.66. The number of piperidine rings is 1. The van der Waals surface area contributed by atoms with Gasteiger partial charge in [0.2, 0.25) is 5.91 Å². The van der Waals surface area contributed by atoms with Gasteiger partial charge in [0.25, 0.3) is 10.0 Å². The molecule has 1 aromatic carbocycles. The lowest BCUT2D eigenvalue weighted by atomic mass is 9.98. The van der Waals surface area contributed by atoms with Crippen molar-refractivity contribution in [1.29, 1.82) is 0 Å². The Morgan fingerprint density at radius 3 is 2.83 bits per heavy atom. The lowest BCUT2D eigenvalue weighted by molar-refractivity contribution is -0.120. The number of aromatic nitrogens is 3. The van der Waals surface area contributed by atoms with Crippen molar-refractivity contribution in [3.05, 3.63) is 59.5 Å². The fourth-order valence-corrected chi connectivity index (χ4v) is 6.52. The third kappa shape index (κ3) is 4.45. The number of nitrogens with one attached hydrogen (secondary N) is 1. The van der Waals surface area contributed by atoms with Crippen molar-refractivity contribution in [2.45, 2.75) is 30.5 Å². The standard InChI is InChI=1S/C20H23N5O3S2/c1-15-8-9-19(29-15)30(27,28)25-10-4-6-17(12-25)20(26)23-18-7-3-2-5-16(18)11-24-14-21-13-22-24/h2-3,5,7-9,13-14,17H,4,6,10-12H2,1H3,(H,23,26). The van der Waals surface area contributed by atoms with Gasteiger partial charge in [0.05, 0.1) is 12.5 Å². The first-order chi connectivity index (χ1) is 14.4. The lowest BCUT2D eigenvalue weighted by Crippen LogP contribution is -2.43. The minimum atomic E-state index is -3.57. The van der Waals surface area contributed by atoms with Crippen LogP contribution in [0.25, 0.3) is 0 Å². The maximum atomic E-state index is 13.0. The van der Waals surface area contributed by atoms with Crippen LogP contribution in [0.1, 0.15) is 23.3 Å². The van der Waals surface area contributed by atoms with E-state index >= 15 is 0 Å². The molecule has 8 nitrogen and oxygen atoms in total. The molecule has 1 aliphatic rings. The van der Waals surface area contributed by atoms with Gasteiger partial charge >= 0.3 is 0 Å². The Morgan fingerprint density at radius 1 is 1.27 bits per heavy atom. The van der Waals surface area contributed by atoms with Gasteiger partial charge in [-0.1, -0.05) is 18.2 Å². The van der Waals surface area contributed by atoms with E-state index in [9.17, 15) is 13.2 Å². The second-order valence-electron chi connectivity index (χ2n) is 7.31. The van der Waals surface area contributed by atoms with Crippen LogP contribution in [-0.4, -0.2) is 46.5 Å². The third-order valence-corrected chi connectivity index (χ3v) is 8.47. The Labute approximate surface area is 179 Å². The number of para-hydroxylation sites is 1. The molecule has 0 spiro atoms. The van der Waals surface area contributed by atoms with Crippen molar-refractivity contribution in [2.75, 3.05) is 18.4 Å². The van der Waals surface area contributed by atoms with Crippen LogP contribution in [0.5, 0.6) is 0 Å². The largest absolute Gasteiger partial charge is 0.325 e. The summed E-state index contributed by atoms with van der Waals surface area (Å²) in [6.07, 6.45) is 4.40. The van der Waals surface area contributed by atoms with Crippen LogP contribution in [0.4, 0.5) is 5.69 Å². The highest BCUT2D eigenvalue weighted by Gasteiger charge is 2.34. The van der Waals surface area contributed by atoms with Gasteiger partial charge < -0.3 is 5.32 Å². The van der Waals surface area contributed by atoms with Gasteiger partial charge in [0.15, 0.2) is 0 Å². The zero-order valence-electron chi connectivity index (χ0n) is 16.6. The fourth-order valence-electron chi connectivity index (χ4n) is 3.56. The number of aryl methyl sites for hydroxylation is 1. The minimum Gasteiger partial charge on any atom is -0.325 e. The molecule has 1 fully saturated rings.